The maximum absolute atomic E-state index is 12.4. The van der Waals surface area contributed by atoms with Crippen LogP contribution in [0, 0.1) is 19.8 Å². The Kier molecular flexibility index (Phi) is 4.50. The zero-order valence-electron chi connectivity index (χ0n) is 12.7. The van der Waals surface area contributed by atoms with Crippen LogP contribution in [-0.4, -0.2) is 34.6 Å². The zero-order chi connectivity index (χ0) is 15.6. The number of piperidine rings is 1. The summed E-state index contributed by atoms with van der Waals surface area (Å²) in [5.74, 6) is -1.11. The van der Waals surface area contributed by atoms with E-state index in [0.717, 1.165) is 16.8 Å². The molecule has 0 saturated carbocycles. The first kappa shape index (κ1) is 15.4. The van der Waals surface area contributed by atoms with Crippen LogP contribution in [0.15, 0.2) is 18.2 Å². The molecule has 1 heterocycles. The summed E-state index contributed by atoms with van der Waals surface area (Å²) in [5.41, 5.74) is 3.00. The Morgan fingerprint density at radius 2 is 2.05 bits per heavy atom. The van der Waals surface area contributed by atoms with Crippen molar-refractivity contribution in [2.24, 2.45) is 5.92 Å². The highest BCUT2D eigenvalue weighted by atomic mass is 16.4. The minimum atomic E-state index is -0.767. The van der Waals surface area contributed by atoms with E-state index in [1.807, 2.05) is 39.0 Å². The fourth-order valence-electron chi connectivity index (χ4n) is 2.77. The van der Waals surface area contributed by atoms with Crippen LogP contribution in [0.1, 0.15) is 30.9 Å². The second kappa shape index (κ2) is 6.16. The lowest BCUT2D eigenvalue weighted by Gasteiger charge is -2.36. The predicted molar refractivity (Wildman–Crippen MR) is 81.5 cm³/mol. The summed E-state index contributed by atoms with van der Waals surface area (Å²) in [6, 6.07) is 5.59. The summed E-state index contributed by atoms with van der Waals surface area (Å²) in [7, 11) is 0. The lowest BCUT2D eigenvalue weighted by Crippen LogP contribution is -2.47. The zero-order valence-corrected chi connectivity index (χ0v) is 12.7. The number of hydrogen-bond acceptors (Lipinski definition) is 2. The van der Waals surface area contributed by atoms with Crippen molar-refractivity contribution in [3.63, 3.8) is 0 Å². The number of hydrogen-bond donors (Lipinski definition) is 2. The van der Waals surface area contributed by atoms with Crippen LogP contribution < -0.4 is 5.32 Å². The van der Waals surface area contributed by atoms with Gasteiger partial charge in [0, 0.05) is 18.3 Å². The Bertz CT molecular complexity index is 556. The van der Waals surface area contributed by atoms with Gasteiger partial charge >= 0.3 is 12.0 Å². The number of rotatable bonds is 2. The summed E-state index contributed by atoms with van der Waals surface area (Å²) in [6.45, 7) is 6.36. The van der Waals surface area contributed by atoms with E-state index in [9.17, 15) is 9.59 Å². The Morgan fingerprint density at radius 3 is 2.67 bits per heavy atom. The Balaban J connectivity index is 2.04. The van der Waals surface area contributed by atoms with Gasteiger partial charge in [-0.2, -0.15) is 0 Å². The lowest BCUT2D eigenvalue weighted by atomic mass is 9.92. The van der Waals surface area contributed by atoms with Gasteiger partial charge in [-0.05, 0) is 50.8 Å². The SMILES string of the molecule is Cc1cccc(NC(=O)N2CCC(C(=O)O)CC2C)c1C. The number of anilines is 1. The first-order chi connectivity index (χ1) is 9.90. The molecule has 1 fully saturated rings. The molecule has 114 valence electrons. The number of aliphatic carboxylic acids is 1. The molecule has 0 aliphatic carbocycles. The van der Waals surface area contributed by atoms with Gasteiger partial charge in [0.2, 0.25) is 0 Å². The molecule has 2 atom stereocenters. The van der Waals surface area contributed by atoms with Crippen molar-refractivity contribution in [2.45, 2.75) is 39.7 Å². The number of urea groups is 1. The van der Waals surface area contributed by atoms with Crippen LogP contribution in [-0.2, 0) is 4.79 Å². The topological polar surface area (TPSA) is 69.6 Å². The van der Waals surface area contributed by atoms with Crippen LogP contribution in [0.5, 0.6) is 0 Å². The van der Waals surface area contributed by atoms with Gasteiger partial charge in [-0.15, -0.1) is 0 Å². The first-order valence-corrected chi connectivity index (χ1v) is 7.26. The van der Waals surface area contributed by atoms with Crippen molar-refractivity contribution in [1.29, 1.82) is 0 Å². The van der Waals surface area contributed by atoms with Crippen molar-refractivity contribution in [2.75, 3.05) is 11.9 Å². The van der Waals surface area contributed by atoms with Crippen LogP contribution in [0.3, 0.4) is 0 Å². The van der Waals surface area contributed by atoms with E-state index in [0.29, 0.717) is 19.4 Å². The minimum absolute atomic E-state index is 0.0648. The van der Waals surface area contributed by atoms with Crippen LogP contribution in [0.4, 0.5) is 10.5 Å². The van der Waals surface area contributed by atoms with Crippen LogP contribution >= 0.6 is 0 Å². The summed E-state index contributed by atoms with van der Waals surface area (Å²) >= 11 is 0. The largest absolute Gasteiger partial charge is 0.481 e. The lowest BCUT2D eigenvalue weighted by molar-refractivity contribution is -0.143. The van der Waals surface area contributed by atoms with Crippen molar-refractivity contribution in [3.8, 4) is 0 Å². The van der Waals surface area contributed by atoms with Gasteiger partial charge < -0.3 is 15.3 Å². The molecule has 1 aromatic rings. The smallest absolute Gasteiger partial charge is 0.322 e. The fourth-order valence-corrected chi connectivity index (χ4v) is 2.77. The van der Waals surface area contributed by atoms with Gasteiger partial charge in [-0.1, -0.05) is 12.1 Å². The minimum Gasteiger partial charge on any atom is -0.481 e. The number of likely N-dealkylation sites (tertiary alicyclic amines) is 1. The van der Waals surface area contributed by atoms with Crippen LogP contribution in [0.25, 0.3) is 0 Å². The highest BCUT2D eigenvalue weighted by molar-refractivity contribution is 5.90. The summed E-state index contributed by atoms with van der Waals surface area (Å²) in [6.07, 6.45) is 1.02. The number of carboxylic acid groups (broad SMARTS) is 1. The predicted octanol–water partition coefficient (Wildman–Crippen LogP) is 3.02. The normalized spacial score (nSPS) is 22.0. The molecule has 2 rings (SSSR count). The van der Waals surface area contributed by atoms with Crippen molar-refractivity contribution < 1.29 is 14.7 Å². The van der Waals surface area contributed by atoms with Gasteiger partial charge in [-0.25, -0.2) is 4.79 Å². The third-order valence-corrected chi connectivity index (χ3v) is 4.33. The number of carbonyl (C=O) groups excluding carboxylic acids is 1. The Labute approximate surface area is 125 Å². The molecule has 5 nitrogen and oxygen atoms in total. The molecule has 1 aliphatic heterocycles. The Hall–Kier alpha value is -2.04. The average molecular weight is 290 g/mol. The molecular weight excluding hydrogens is 268 g/mol. The number of amides is 2. The Morgan fingerprint density at radius 1 is 1.33 bits per heavy atom. The van der Waals surface area contributed by atoms with Gasteiger partial charge in [0.05, 0.1) is 5.92 Å². The molecule has 1 aromatic carbocycles. The molecule has 2 amide bonds. The molecule has 1 aliphatic rings. The molecule has 21 heavy (non-hydrogen) atoms. The van der Waals surface area contributed by atoms with E-state index >= 15 is 0 Å². The molecule has 2 unspecified atom stereocenters. The maximum Gasteiger partial charge on any atom is 0.322 e. The third-order valence-electron chi connectivity index (χ3n) is 4.33. The van der Waals surface area contributed by atoms with E-state index in [1.54, 1.807) is 4.90 Å². The highest BCUT2D eigenvalue weighted by Gasteiger charge is 2.32. The first-order valence-electron chi connectivity index (χ1n) is 7.26. The number of nitrogens with one attached hydrogen (secondary N) is 1. The molecule has 0 aromatic heterocycles. The molecule has 1 saturated heterocycles. The quantitative estimate of drug-likeness (QED) is 0.879. The molecule has 0 bridgehead atoms. The molecule has 2 N–H and O–H groups in total. The molecule has 5 heteroatoms. The van der Waals surface area contributed by atoms with E-state index in [-0.39, 0.29) is 18.0 Å². The van der Waals surface area contributed by atoms with E-state index in [4.69, 9.17) is 5.11 Å². The van der Waals surface area contributed by atoms with Crippen molar-refractivity contribution >= 4 is 17.7 Å². The van der Waals surface area contributed by atoms with Crippen molar-refractivity contribution in [1.82, 2.24) is 4.90 Å². The number of carboxylic acids is 1. The maximum atomic E-state index is 12.4. The summed E-state index contributed by atoms with van der Waals surface area (Å²) < 4.78 is 0. The van der Waals surface area contributed by atoms with Gasteiger partial charge in [0.25, 0.3) is 0 Å². The van der Waals surface area contributed by atoms with Gasteiger partial charge in [0.15, 0.2) is 0 Å². The van der Waals surface area contributed by atoms with E-state index in [1.165, 1.54) is 0 Å². The van der Waals surface area contributed by atoms with Gasteiger partial charge in [-0.3, -0.25) is 4.79 Å². The second-order valence-electron chi connectivity index (χ2n) is 5.78. The molecule has 0 spiro atoms. The highest BCUT2D eigenvalue weighted by Crippen LogP contribution is 2.25. The standard InChI is InChI=1S/C16H22N2O3/c1-10-5-4-6-14(12(10)3)17-16(21)18-8-7-13(15(19)20)9-11(18)2/h4-6,11,13H,7-9H2,1-3H3,(H,17,21)(H,19,20). The molecule has 0 radical (unpaired) electrons. The monoisotopic (exact) mass is 290 g/mol. The molecular formula is C16H22N2O3. The van der Waals surface area contributed by atoms with Crippen molar-refractivity contribution in [3.05, 3.63) is 29.3 Å². The number of nitrogens with zero attached hydrogens (tertiary/aromatic N) is 1. The van der Waals surface area contributed by atoms with Gasteiger partial charge in [0.1, 0.15) is 0 Å². The number of aryl methyl sites for hydroxylation is 1. The fraction of sp³-hybridized carbons (Fsp3) is 0.500. The third kappa shape index (κ3) is 3.35. The summed E-state index contributed by atoms with van der Waals surface area (Å²) in [5, 5.41) is 12.0. The number of carbonyl (C=O) groups is 2. The van der Waals surface area contributed by atoms with Crippen LogP contribution in [0.2, 0.25) is 0 Å². The van der Waals surface area contributed by atoms with E-state index < -0.39 is 5.97 Å². The van der Waals surface area contributed by atoms with E-state index in [2.05, 4.69) is 5.32 Å². The second-order valence-corrected chi connectivity index (χ2v) is 5.78. The summed E-state index contributed by atoms with van der Waals surface area (Å²) in [4.78, 5) is 25.1. The number of benzene rings is 1. The average Bonchev–Trinajstić information content (AvgIpc) is 2.43.